The number of rotatable bonds is 5. The Morgan fingerprint density at radius 3 is 2.40 bits per heavy atom. The van der Waals surface area contributed by atoms with Crippen molar-refractivity contribution in [1.29, 1.82) is 0 Å². The fourth-order valence-electron chi connectivity index (χ4n) is 0.766. The van der Waals surface area contributed by atoms with E-state index in [2.05, 4.69) is 15.8 Å². The Kier molecular flexibility index (Phi) is 7.08. The predicted molar refractivity (Wildman–Crippen MR) is 56.6 cm³/mol. The van der Waals surface area contributed by atoms with Gasteiger partial charge in [-0.05, 0) is 12.1 Å². The van der Waals surface area contributed by atoms with E-state index in [1.54, 1.807) is 18.2 Å². The van der Waals surface area contributed by atoms with Gasteiger partial charge < -0.3 is 0 Å². The fourth-order valence-corrected chi connectivity index (χ4v) is 1.52. The average Bonchev–Trinajstić information content (AvgIpc) is 2.19. The second-order valence-corrected chi connectivity index (χ2v) is 3.92. The predicted octanol–water partition coefficient (Wildman–Crippen LogP) is 1.13. The molecule has 1 aromatic carbocycles. The van der Waals surface area contributed by atoms with Gasteiger partial charge in [0.25, 0.3) is 0 Å². The van der Waals surface area contributed by atoms with Gasteiger partial charge in [0.2, 0.25) is 0 Å². The van der Waals surface area contributed by atoms with Crippen LogP contribution >= 0.6 is 0 Å². The molecule has 6 heteroatoms. The molecule has 1 radical (unpaired) electrons. The SMILES string of the molecule is C=CCOOS(=O)(=O)c1ccccc1.[Na]. The van der Waals surface area contributed by atoms with E-state index in [0.29, 0.717) is 0 Å². The summed E-state index contributed by atoms with van der Waals surface area (Å²) < 4.78 is 26.9. The minimum absolute atomic E-state index is 0. The molecule has 1 rings (SSSR count). The van der Waals surface area contributed by atoms with E-state index in [1.807, 2.05) is 0 Å². The van der Waals surface area contributed by atoms with Gasteiger partial charge in [0, 0.05) is 29.6 Å². The Labute approximate surface area is 111 Å². The van der Waals surface area contributed by atoms with Crippen molar-refractivity contribution >= 4 is 39.7 Å². The third kappa shape index (κ3) is 4.92. The van der Waals surface area contributed by atoms with Crippen LogP contribution in [0.25, 0.3) is 0 Å². The van der Waals surface area contributed by atoms with Crippen LogP contribution in [0, 0.1) is 0 Å². The summed E-state index contributed by atoms with van der Waals surface area (Å²) in [5.41, 5.74) is 0. The molecule has 0 aliphatic heterocycles. The van der Waals surface area contributed by atoms with Gasteiger partial charge in [-0.2, -0.15) is 8.42 Å². The molecular formula is C9H10NaO4S. The first-order chi connectivity index (χ1) is 6.67. The second kappa shape index (κ2) is 7.16. The first kappa shape index (κ1) is 14.8. The van der Waals surface area contributed by atoms with Gasteiger partial charge in [0.15, 0.2) is 0 Å². The fraction of sp³-hybridized carbons (Fsp3) is 0.111. The molecule has 0 aliphatic rings. The van der Waals surface area contributed by atoms with Gasteiger partial charge in [0.1, 0.15) is 6.61 Å². The molecule has 1 aromatic rings. The van der Waals surface area contributed by atoms with Gasteiger partial charge in [0.05, 0.1) is 4.90 Å². The van der Waals surface area contributed by atoms with Crippen molar-refractivity contribution in [3.8, 4) is 0 Å². The summed E-state index contributed by atoms with van der Waals surface area (Å²) in [5.74, 6) is 0. The van der Waals surface area contributed by atoms with Gasteiger partial charge in [-0.1, -0.05) is 24.3 Å². The maximum absolute atomic E-state index is 11.3. The van der Waals surface area contributed by atoms with Crippen LogP contribution in [0.3, 0.4) is 0 Å². The standard InChI is InChI=1S/C9H10O4S.Na/c1-2-8-12-13-14(10,11)9-6-4-3-5-7-9;/h2-7H,1,8H2;. The third-order valence-electron chi connectivity index (χ3n) is 1.36. The molecule has 0 unspecified atom stereocenters. The monoisotopic (exact) mass is 237 g/mol. The van der Waals surface area contributed by atoms with Crippen molar-refractivity contribution in [1.82, 2.24) is 0 Å². The first-order valence-corrected chi connectivity index (χ1v) is 5.29. The molecule has 77 valence electrons. The maximum atomic E-state index is 11.3. The van der Waals surface area contributed by atoms with Crippen LogP contribution in [-0.2, 0) is 19.3 Å². The van der Waals surface area contributed by atoms with Crippen LogP contribution in [0.2, 0.25) is 0 Å². The van der Waals surface area contributed by atoms with E-state index in [0.717, 1.165) is 0 Å². The summed E-state index contributed by atoms with van der Waals surface area (Å²) in [4.78, 5) is 4.46. The summed E-state index contributed by atoms with van der Waals surface area (Å²) in [6, 6.07) is 7.76. The van der Waals surface area contributed by atoms with Crippen LogP contribution in [0.15, 0.2) is 47.9 Å². The number of hydrogen-bond donors (Lipinski definition) is 0. The maximum Gasteiger partial charge on any atom is 0.323 e. The van der Waals surface area contributed by atoms with Crippen molar-refractivity contribution in [3.05, 3.63) is 43.0 Å². The Balaban J connectivity index is 0.00000196. The molecule has 0 spiro atoms. The molecule has 0 aliphatic carbocycles. The van der Waals surface area contributed by atoms with Gasteiger partial charge in [-0.25, -0.2) is 4.89 Å². The topological polar surface area (TPSA) is 52.6 Å². The Hall–Kier alpha value is -0.170. The Morgan fingerprint density at radius 1 is 1.27 bits per heavy atom. The molecule has 0 aromatic heterocycles. The zero-order valence-electron chi connectivity index (χ0n) is 8.42. The van der Waals surface area contributed by atoms with E-state index in [4.69, 9.17) is 0 Å². The van der Waals surface area contributed by atoms with Crippen molar-refractivity contribution in [2.24, 2.45) is 0 Å². The molecule has 4 nitrogen and oxygen atoms in total. The van der Waals surface area contributed by atoms with E-state index >= 15 is 0 Å². The zero-order chi connectivity index (χ0) is 10.4. The van der Waals surface area contributed by atoms with Crippen LogP contribution in [0.4, 0.5) is 0 Å². The molecule has 0 saturated carbocycles. The van der Waals surface area contributed by atoms with Crippen LogP contribution in [0.5, 0.6) is 0 Å². The van der Waals surface area contributed by atoms with Crippen molar-refractivity contribution < 1.29 is 17.6 Å². The molecule has 0 saturated heterocycles. The summed E-state index contributed by atoms with van der Waals surface area (Å²) in [6.45, 7) is 3.37. The number of hydrogen-bond acceptors (Lipinski definition) is 4. The molecule has 0 heterocycles. The minimum atomic E-state index is -3.80. The van der Waals surface area contributed by atoms with E-state index in [9.17, 15) is 8.42 Å². The Bertz CT molecular complexity index is 388. The quantitative estimate of drug-likeness (QED) is 0.253. The van der Waals surface area contributed by atoms with Gasteiger partial charge in [-0.15, -0.1) is 10.9 Å². The molecule has 15 heavy (non-hydrogen) atoms. The average molecular weight is 237 g/mol. The Morgan fingerprint density at radius 2 is 1.87 bits per heavy atom. The van der Waals surface area contributed by atoms with E-state index < -0.39 is 10.1 Å². The molecule has 0 atom stereocenters. The first-order valence-electron chi connectivity index (χ1n) is 3.89. The smallest absolute Gasteiger partial charge is 0.215 e. The van der Waals surface area contributed by atoms with Crippen LogP contribution < -0.4 is 0 Å². The van der Waals surface area contributed by atoms with Crippen molar-refractivity contribution in [3.63, 3.8) is 0 Å². The van der Waals surface area contributed by atoms with Gasteiger partial charge in [-0.3, -0.25) is 0 Å². The molecule has 0 bridgehead atoms. The molecular weight excluding hydrogens is 227 g/mol. The van der Waals surface area contributed by atoms with Gasteiger partial charge >= 0.3 is 10.1 Å². The zero-order valence-corrected chi connectivity index (χ0v) is 11.2. The summed E-state index contributed by atoms with van der Waals surface area (Å²) >= 11 is 0. The van der Waals surface area contributed by atoms with Crippen LogP contribution in [0.1, 0.15) is 0 Å². The number of benzene rings is 1. The third-order valence-corrected chi connectivity index (χ3v) is 2.48. The molecule has 0 fully saturated rings. The second-order valence-electron chi connectivity index (χ2n) is 2.41. The van der Waals surface area contributed by atoms with E-state index in [1.165, 1.54) is 18.2 Å². The largest absolute Gasteiger partial charge is 0.323 e. The molecule has 0 amide bonds. The minimum Gasteiger partial charge on any atom is -0.215 e. The van der Waals surface area contributed by atoms with Crippen molar-refractivity contribution in [2.75, 3.05) is 6.61 Å². The normalized spacial score (nSPS) is 10.4. The van der Waals surface area contributed by atoms with E-state index in [-0.39, 0.29) is 41.1 Å². The van der Waals surface area contributed by atoms with Crippen molar-refractivity contribution in [2.45, 2.75) is 4.90 Å². The summed E-state index contributed by atoms with van der Waals surface area (Å²) in [6.07, 6.45) is 1.39. The summed E-state index contributed by atoms with van der Waals surface area (Å²) in [5, 5.41) is 0. The summed E-state index contributed by atoms with van der Waals surface area (Å²) in [7, 11) is -3.80. The molecule has 0 N–H and O–H groups in total. The van der Waals surface area contributed by atoms with Crippen LogP contribution in [-0.4, -0.2) is 44.6 Å².